The molecule has 108 valence electrons. The van der Waals surface area contributed by atoms with Crippen molar-refractivity contribution in [3.63, 3.8) is 0 Å². The van der Waals surface area contributed by atoms with Crippen LogP contribution in [0.3, 0.4) is 0 Å². The molecule has 6 nitrogen and oxygen atoms in total. The maximum atomic E-state index is 9.33. The van der Waals surface area contributed by atoms with Crippen molar-refractivity contribution in [3.8, 4) is 11.5 Å². The highest BCUT2D eigenvalue weighted by molar-refractivity contribution is 7.80. The van der Waals surface area contributed by atoms with E-state index in [1.165, 1.54) is 18.3 Å². The molecule has 0 aromatic heterocycles. The van der Waals surface area contributed by atoms with Crippen LogP contribution in [0.15, 0.2) is 23.3 Å². The van der Waals surface area contributed by atoms with Crippen LogP contribution >= 0.6 is 12.2 Å². The minimum absolute atomic E-state index is 0.163. The molecule has 2 rings (SSSR count). The number of rotatable bonds is 4. The van der Waals surface area contributed by atoms with Crippen molar-refractivity contribution < 1.29 is 14.9 Å². The minimum atomic E-state index is -0.187. The maximum absolute atomic E-state index is 9.33. The van der Waals surface area contributed by atoms with Crippen molar-refractivity contribution in [2.75, 3.05) is 13.2 Å². The lowest BCUT2D eigenvalue weighted by atomic mass is 10.2. The number of phenolic OH excluding ortho intramolecular Hbond substituents is 2. The highest BCUT2D eigenvalue weighted by Crippen LogP contribution is 2.23. The number of hydrazone groups is 1. The summed E-state index contributed by atoms with van der Waals surface area (Å²) in [5.41, 5.74) is 3.33. The number of ether oxygens (including phenoxy) is 1. The molecule has 1 aromatic carbocycles. The van der Waals surface area contributed by atoms with Gasteiger partial charge in [0.05, 0.1) is 12.3 Å². The molecule has 1 fully saturated rings. The van der Waals surface area contributed by atoms with E-state index in [9.17, 15) is 10.2 Å². The van der Waals surface area contributed by atoms with Gasteiger partial charge in [-0.15, -0.1) is 0 Å². The fourth-order valence-electron chi connectivity index (χ4n) is 1.84. The van der Waals surface area contributed by atoms with Crippen molar-refractivity contribution in [1.29, 1.82) is 0 Å². The molecule has 0 radical (unpaired) electrons. The topological polar surface area (TPSA) is 86.1 Å². The van der Waals surface area contributed by atoms with Crippen LogP contribution in [0.25, 0.3) is 0 Å². The summed E-state index contributed by atoms with van der Waals surface area (Å²) >= 11 is 5.07. The summed E-state index contributed by atoms with van der Waals surface area (Å²) in [5.74, 6) is -0.350. The second kappa shape index (κ2) is 7.06. The highest BCUT2D eigenvalue weighted by Gasteiger charge is 2.14. The fourth-order valence-corrected chi connectivity index (χ4v) is 1.97. The van der Waals surface area contributed by atoms with Gasteiger partial charge in [0, 0.05) is 13.2 Å². The number of thiocarbonyl (C=S) groups is 1. The molecular weight excluding hydrogens is 278 g/mol. The quantitative estimate of drug-likeness (QED) is 0.288. The van der Waals surface area contributed by atoms with E-state index in [1.807, 2.05) is 0 Å². The molecule has 0 amide bonds. The lowest BCUT2D eigenvalue weighted by molar-refractivity contribution is 0.114. The van der Waals surface area contributed by atoms with E-state index in [2.05, 4.69) is 15.8 Å². The summed E-state index contributed by atoms with van der Waals surface area (Å²) in [5, 5.41) is 25.9. The predicted molar refractivity (Wildman–Crippen MR) is 80.1 cm³/mol. The smallest absolute Gasteiger partial charge is 0.187 e. The summed E-state index contributed by atoms with van der Waals surface area (Å²) in [7, 11) is 0. The molecule has 0 bridgehead atoms. The largest absolute Gasteiger partial charge is 0.504 e. The number of nitrogens with zero attached hydrogens (tertiary/aromatic N) is 1. The highest BCUT2D eigenvalue weighted by atomic mass is 32.1. The molecule has 1 aromatic rings. The Labute approximate surface area is 122 Å². The first-order chi connectivity index (χ1) is 9.65. The monoisotopic (exact) mass is 295 g/mol. The van der Waals surface area contributed by atoms with E-state index in [4.69, 9.17) is 17.0 Å². The van der Waals surface area contributed by atoms with Gasteiger partial charge in [-0.25, -0.2) is 0 Å². The Morgan fingerprint density at radius 1 is 1.45 bits per heavy atom. The molecular formula is C13H17N3O3S. The van der Waals surface area contributed by atoms with Gasteiger partial charge in [0.25, 0.3) is 0 Å². The van der Waals surface area contributed by atoms with Crippen LogP contribution in [0.1, 0.15) is 18.4 Å². The minimum Gasteiger partial charge on any atom is -0.504 e. The van der Waals surface area contributed by atoms with Gasteiger partial charge < -0.3 is 20.3 Å². The van der Waals surface area contributed by atoms with Crippen LogP contribution < -0.4 is 10.7 Å². The zero-order valence-corrected chi connectivity index (χ0v) is 11.7. The van der Waals surface area contributed by atoms with Gasteiger partial charge in [0.2, 0.25) is 0 Å². The number of nitrogens with one attached hydrogen (secondary N) is 2. The van der Waals surface area contributed by atoms with E-state index in [0.29, 0.717) is 17.2 Å². The van der Waals surface area contributed by atoms with Gasteiger partial charge in [0.1, 0.15) is 0 Å². The summed E-state index contributed by atoms with van der Waals surface area (Å²) < 4.78 is 5.46. The van der Waals surface area contributed by atoms with Gasteiger partial charge in [0.15, 0.2) is 16.6 Å². The van der Waals surface area contributed by atoms with Crippen molar-refractivity contribution in [3.05, 3.63) is 23.8 Å². The van der Waals surface area contributed by atoms with Gasteiger partial charge in [-0.2, -0.15) is 5.10 Å². The predicted octanol–water partition coefficient (Wildman–Crippen LogP) is 1.07. The van der Waals surface area contributed by atoms with Gasteiger partial charge >= 0.3 is 0 Å². The lowest BCUT2D eigenvalue weighted by Gasteiger charge is -2.11. The molecule has 1 saturated heterocycles. The molecule has 0 saturated carbocycles. The first-order valence-corrected chi connectivity index (χ1v) is 6.76. The average Bonchev–Trinajstić information content (AvgIpc) is 2.94. The van der Waals surface area contributed by atoms with Crippen LogP contribution in [-0.2, 0) is 4.74 Å². The standard InChI is InChI=1S/C13H17N3O3S/c17-11-4-3-9(6-12(11)18)7-15-16-13(20)14-8-10-2-1-5-19-10/h3-4,6-7,10,17-18H,1-2,5,8H2,(H2,14,16,20)/b15-7+/t10-/m1/s1. The van der Waals surface area contributed by atoms with Crippen molar-refractivity contribution in [1.82, 2.24) is 10.7 Å². The van der Waals surface area contributed by atoms with Crippen molar-refractivity contribution in [2.45, 2.75) is 18.9 Å². The van der Waals surface area contributed by atoms with Crippen LogP contribution in [0.4, 0.5) is 0 Å². The van der Waals surface area contributed by atoms with Crippen LogP contribution in [0, 0.1) is 0 Å². The number of aromatic hydroxyl groups is 2. The number of benzene rings is 1. The first-order valence-electron chi connectivity index (χ1n) is 6.35. The van der Waals surface area contributed by atoms with Gasteiger partial charge in [-0.05, 0) is 48.8 Å². The van der Waals surface area contributed by atoms with E-state index in [-0.39, 0.29) is 17.6 Å². The molecule has 4 N–H and O–H groups in total. The SMILES string of the molecule is Oc1ccc(/C=N/NC(=S)NC[C@H]2CCCO2)cc1O. The zero-order chi connectivity index (χ0) is 14.4. The van der Waals surface area contributed by atoms with Gasteiger partial charge in [-0.3, -0.25) is 5.43 Å². The van der Waals surface area contributed by atoms with Gasteiger partial charge in [-0.1, -0.05) is 0 Å². The fraction of sp³-hybridized carbons (Fsp3) is 0.385. The van der Waals surface area contributed by atoms with Crippen molar-refractivity contribution >= 4 is 23.5 Å². The maximum Gasteiger partial charge on any atom is 0.187 e. The Hall–Kier alpha value is -1.86. The third-order valence-corrected chi connectivity index (χ3v) is 3.13. The van der Waals surface area contributed by atoms with Crippen molar-refractivity contribution in [2.24, 2.45) is 5.10 Å². The molecule has 1 heterocycles. The Morgan fingerprint density at radius 2 is 2.30 bits per heavy atom. The normalized spacial score (nSPS) is 18.3. The molecule has 1 aliphatic rings. The molecule has 0 unspecified atom stereocenters. The second-order valence-corrected chi connectivity index (χ2v) is 4.87. The van der Waals surface area contributed by atoms with Crippen LogP contribution in [-0.4, -0.2) is 40.8 Å². The third kappa shape index (κ3) is 4.36. The van der Waals surface area contributed by atoms with Crippen LogP contribution in [0.2, 0.25) is 0 Å². The summed E-state index contributed by atoms with van der Waals surface area (Å²) in [6.45, 7) is 1.48. The van der Waals surface area contributed by atoms with E-state index in [1.54, 1.807) is 6.07 Å². The van der Waals surface area contributed by atoms with E-state index >= 15 is 0 Å². The molecule has 0 aliphatic carbocycles. The average molecular weight is 295 g/mol. The number of hydrogen-bond donors (Lipinski definition) is 4. The second-order valence-electron chi connectivity index (χ2n) is 4.46. The Bertz CT molecular complexity index is 502. The summed E-state index contributed by atoms with van der Waals surface area (Å²) in [4.78, 5) is 0. The van der Waals surface area contributed by atoms with E-state index in [0.717, 1.165) is 19.4 Å². The molecule has 0 spiro atoms. The first kappa shape index (κ1) is 14.5. The Balaban J connectivity index is 1.74. The van der Waals surface area contributed by atoms with E-state index < -0.39 is 0 Å². The Kier molecular flexibility index (Phi) is 5.14. The molecule has 7 heteroatoms. The zero-order valence-electron chi connectivity index (χ0n) is 10.9. The lowest BCUT2D eigenvalue weighted by Crippen LogP contribution is -2.37. The summed E-state index contributed by atoms with van der Waals surface area (Å²) in [6, 6.07) is 4.43. The Morgan fingerprint density at radius 3 is 3.00 bits per heavy atom. The molecule has 20 heavy (non-hydrogen) atoms. The summed E-state index contributed by atoms with van der Waals surface area (Å²) in [6.07, 6.45) is 3.85. The van der Waals surface area contributed by atoms with Crippen LogP contribution in [0.5, 0.6) is 11.5 Å². The molecule has 1 atom stereocenters. The third-order valence-electron chi connectivity index (χ3n) is 2.89. The molecule has 1 aliphatic heterocycles. The number of hydrogen-bond acceptors (Lipinski definition) is 5. The number of phenols is 2.